The highest BCUT2D eigenvalue weighted by Crippen LogP contribution is 2.16. The van der Waals surface area contributed by atoms with E-state index in [0.717, 1.165) is 0 Å². The minimum absolute atomic E-state index is 0.0954. The summed E-state index contributed by atoms with van der Waals surface area (Å²) in [6.07, 6.45) is -0.663. The number of carbonyl (C=O) groups excluding carboxylic acids is 2. The molecule has 5 nitrogen and oxygen atoms in total. The van der Waals surface area contributed by atoms with Crippen molar-refractivity contribution < 1.29 is 23.5 Å². The number of carbonyl (C=O) groups is 2. The van der Waals surface area contributed by atoms with Gasteiger partial charge in [-0.3, -0.25) is 0 Å². The van der Waals surface area contributed by atoms with Crippen LogP contribution in [0.5, 0.6) is 0 Å². The molecule has 104 valence electrons. The predicted octanol–water partition coefficient (Wildman–Crippen LogP) is 2.03. The van der Waals surface area contributed by atoms with E-state index in [-0.39, 0.29) is 6.42 Å². The van der Waals surface area contributed by atoms with Crippen LogP contribution in [0.25, 0.3) is 0 Å². The molecule has 0 saturated carbocycles. The van der Waals surface area contributed by atoms with Gasteiger partial charge in [-0.25, -0.2) is 14.0 Å². The van der Waals surface area contributed by atoms with E-state index in [9.17, 15) is 14.0 Å². The molecular formula is C12H13BrFNO4. The molecule has 0 heterocycles. The molecule has 0 aliphatic carbocycles. The largest absolute Gasteiger partial charge is 0.467 e. The number of ether oxygens (including phenoxy) is 2. The number of amides is 1. The first kappa shape index (κ1) is 15.4. The van der Waals surface area contributed by atoms with E-state index >= 15 is 0 Å². The van der Waals surface area contributed by atoms with Gasteiger partial charge in [-0.05, 0) is 23.8 Å². The van der Waals surface area contributed by atoms with Gasteiger partial charge in [0.05, 0.1) is 14.2 Å². The second-order valence-corrected chi connectivity index (χ2v) is 4.61. The summed E-state index contributed by atoms with van der Waals surface area (Å²) in [6, 6.07) is 3.29. The normalized spacial score (nSPS) is 11.6. The van der Waals surface area contributed by atoms with Crippen LogP contribution in [-0.2, 0) is 20.7 Å². The van der Waals surface area contributed by atoms with Gasteiger partial charge < -0.3 is 14.8 Å². The van der Waals surface area contributed by atoms with Gasteiger partial charge in [-0.1, -0.05) is 15.9 Å². The van der Waals surface area contributed by atoms with E-state index in [1.807, 2.05) is 0 Å². The molecule has 0 bridgehead atoms. The highest BCUT2D eigenvalue weighted by Gasteiger charge is 2.22. The molecule has 1 aromatic rings. The average Bonchev–Trinajstić information content (AvgIpc) is 2.35. The number of nitrogens with one attached hydrogen (secondary N) is 1. The third-order valence-corrected chi connectivity index (χ3v) is 2.78. The van der Waals surface area contributed by atoms with Crippen molar-refractivity contribution in [2.75, 3.05) is 14.2 Å². The summed E-state index contributed by atoms with van der Waals surface area (Å²) in [4.78, 5) is 22.7. The molecule has 0 aliphatic heterocycles. The van der Waals surface area contributed by atoms with E-state index in [4.69, 9.17) is 0 Å². The van der Waals surface area contributed by atoms with Crippen LogP contribution in [0.3, 0.4) is 0 Å². The maximum Gasteiger partial charge on any atom is 0.407 e. The lowest BCUT2D eigenvalue weighted by Crippen LogP contribution is -2.43. The molecule has 19 heavy (non-hydrogen) atoms. The van der Waals surface area contributed by atoms with Crippen molar-refractivity contribution in [3.63, 3.8) is 0 Å². The number of methoxy groups -OCH3 is 2. The molecule has 0 fully saturated rings. The van der Waals surface area contributed by atoms with E-state index in [0.29, 0.717) is 10.0 Å². The first-order valence-electron chi connectivity index (χ1n) is 5.33. The molecule has 1 atom stereocenters. The minimum atomic E-state index is -0.939. The van der Waals surface area contributed by atoms with Crippen molar-refractivity contribution in [1.82, 2.24) is 5.32 Å². The van der Waals surface area contributed by atoms with Gasteiger partial charge in [-0.2, -0.15) is 0 Å². The van der Waals surface area contributed by atoms with E-state index < -0.39 is 23.9 Å². The number of benzene rings is 1. The molecule has 1 rings (SSSR count). The summed E-state index contributed by atoms with van der Waals surface area (Å²) >= 11 is 3.15. The van der Waals surface area contributed by atoms with Gasteiger partial charge in [0.25, 0.3) is 0 Å². The van der Waals surface area contributed by atoms with Gasteiger partial charge in [0.2, 0.25) is 0 Å². The Hall–Kier alpha value is -1.63. The molecule has 0 saturated heterocycles. The first-order chi connectivity index (χ1) is 8.96. The van der Waals surface area contributed by atoms with Gasteiger partial charge in [0, 0.05) is 10.9 Å². The monoisotopic (exact) mass is 333 g/mol. The summed E-state index contributed by atoms with van der Waals surface area (Å²) in [6.45, 7) is 0. The van der Waals surface area contributed by atoms with Crippen molar-refractivity contribution in [3.8, 4) is 0 Å². The Labute approximate surface area is 118 Å². The number of rotatable bonds is 4. The lowest BCUT2D eigenvalue weighted by Gasteiger charge is -2.15. The number of alkyl carbamates (subject to hydrolysis) is 1. The maximum atomic E-state index is 13.2. The van der Waals surface area contributed by atoms with Gasteiger partial charge >= 0.3 is 12.1 Å². The Morgan fingerprint density at radius 2 is 2.00 bits per heavy atom. The van der Waals surface area contributed by atoms with Crippen LogP contribution in [-0.4, -0.2) is 32.3 Å². The SMILES string of the molecule is COC(=O)NC(Cc1cc(F)cc(Br)c1)C(=O)OC. The maximum absolute atomic E-state index is 13.2. The van der Waals surface area contributed by atoms with Crippen molar-refractivity contribution in [2.24, 2.45) is 0 Å². The molecule has 0 radical (unpaired) electrons. The second-order valence-electron chi connectivity index (χ2n) is 3.69. The Balaban J connectivity index is 2.87. The van der Waals surface area contributed by atoms with Crippen molar-refractivity contribution in [2.45, 2.75) is 12.5 Å². The number of halogens is 2. The van der Waals surface area contributed by atoms with Crippen LogP contribution < -0.4 is 5.32 Å². The fourth-order valence-corrected chi connectivity index (χ4v) is 2.01. The molecular weight excluding hydrogens is 321 g/mol. The van der Waals surface area contributed by atoms with Crippen molar-refractivity contribution in [1.29, 1.82) is 0 Å². The average molecular weight is 334 g/mol. The summed E-state index contributed by atoms with van der Waals surface area (Å²) in [5, 5.41) is 2.33. The Bertz CT molecular complexity index is 461. The number of hydrogen-bond donors (Lipinski definition) is 1. The third-order valence-electron chi connectivity index (χ3n) is 2.33. The molecule has 1 aromatic carbocycles. The quantitative estimate of drug-likeness (QED) is 0.856. The molecule has 0 aromatic heterocycles. The lowest BCUT2D eigenvalue weighted by molar-refractivity contribution is -0.142. The minimum Gasteiger partial charge on any atom is -0.467 e. The van der Waals surface area contributed by atoms with Crippen LogP contribution >= 0.6 is 15.9 Å². The van der Waals surface area contributed by atoms with Crippen LogP contribution in [0.2, 0.25) is 0 Å². The van der Waals surface area contributed by atoms with Crippen LogP contribution in [0.4, 0.5) is 9.18 Å². The summed E-state index contributed by atoms with van der Waals surface area (Å²) in [7, 11) is 2.39. The van der Waals surface area contributed by atoms with Crippen LogP contribution in [0.15, 0.2) is 22.7 Å². The van der Waals surface area contributed by atoms with Gasteiger partial charge in [0.15, 0.2) is 0 Å². The number of hydrogen-bond acceptors (Lipinski definition) is 4. The first-order valence-corrected chi connectivity index (χ1v) is 6.13. The summed E-state index contributed by atoms with van der Waals surface area (Å²) in [5.41, 5.74) is 0.540. The molecule has 0 aliphatic rings. The Morgan fingerprint density at radius 3 is 2.53 bits per heavy atom. The standard InChI is InChI=1S/C12H13BrFNO4/c1-18-11(16)10(15-12(17)19-2)5-7-3-8(13)6-9(14)4-7/h3-4,6,10H,5H2,1-2H3,(H,15,17). The summed E-state index contributed by atoms with van der Waals surface area (Å²) in [5.74, 6) is -1.07. The highest BCUT2D eigenvalue weighted by atomic mass is 79.9. The molecule has 7 heteroatoms. The lowest BCUT2D eigenvalue weighted by atomic mass is 10.1. The molecule has 1 N–H and O–H groups in total. The van der Waals surface area contributed by atoms with Gasteiger partial charge in [-0.15, -0.1) is 0 Å². The summed E-state index contributed by atoms with van der Waals surface area (Å²) < 4.78 is 22.8. The van der Waals surface area contributed by atoms with E-state index in [1.54, 1.807) is 6.07 Å². The van der Waals surface area contributed by atoms with Crippen LogP contribution in [0, 0.1) is 5.82 Å². The fraction of sp³-hybridized carbons (Fsp3) is 0.333. The zero-order valence-electron chi connectivity index (χ0n) is 10.4. The Kier molecular flexibility index (Phi) is 5.75. The topological polar surface area (TPSA) is 64.6 Å². The number of esters is 1. The van der Waals surface area contributed by atoms with E-state index in [1.165, 1.54) is 26.4 Å². The molecule has 1 unspecified atom stereocenters. The van der Waals surface area contributed by atoms with Crippen LogP contribution in [0.1, 0.15) is 5.56 Å². The third kappa shape index (κ3) is 4.86. The second kappa shape index (κ2) is 7.08. The predicted molar refractivity (Wildman–Crippen MR) is 69.1 cm³/mol. The van der Waals surface area contributed by atoms with Crippen molar-refractivity contribution in [3.05, 3.63) is 34.1 Å². The van der Waals surface area contributed by atoms with Crippen molar-refractivity contribution >= 4 is 28.0 Å². The highest BCUT2D eigenvalue weighted by molar-refractivity contribution is 9.10. The fourth-order valence-electron chi connectivity index (χ4n) is 1.50. The Morgan fingerprint density at radius 1 is 1.32 bits per heavy atom. The zero-order chi connectivity index (χ0) is 14.4. The van der Waals surface area contributed by atoms with Gasteiger partial charge in [0.1, 0.15) is 11.9 Å². The molecule has 1 amide bonds. The van der Waals surface area contributed by atoms with E-state index in [2.05, 4.69) is 30.7 Å². The molecule has 0 spiro atoms. The zero-order valence-corrected chi connectivity index (χ0v) is 12.0. The smallest absolute Gasteiger partial charge is 0.407 e.